The van der Waals surface area contributed by atoms with Crippen molar-refractivity contribution >= 4 is 23.6 Å². The van der Waals surface area contributed by atoms with Crippen LogP contribution in [0.15, 0.2) is 4.99 Å². The quantitative estimate of drug-likeness (QED) is 0.655. The van der Waals surface area contributed by atoms with Gasteiger partial charge in [0.05, 0.1) is 6.04 Å². The second kappa shape index (κ2) is 4.18. The summed E-state index contributed by atoms with van der Waals surface area (Å²) in [6, 6.07) is -0.614. The molecule has 14 heavy (non-hydrogen) atoms. The van der Waals surface area contributed by atoms with Crippen molar-refractivity contribution in [3.63, 3.8) is 0 Å². The Hall–Kier alpha value is -0.750. The van der Waals surface area contributed by atoms with Crippen molar-refractivity contribution < 1.29 is 14.6 Å². The van der Waals surface area contributed by atoms with Crippen LogP contribution in [0.3, 0.4) is 0 Å². The molecule has 78 valence electrons. The van der Waals surface area contributed by atoms with E-state index >= 15 is 0 Å². The molecule has 0 saturated carbocycles. The zero-order valence-electron chi connectivity index (χ0n) is 7.60. The van der Waals surface area contributed by atoms with E-state index in [9.17, 15) is 4.79 Å². The molecule has 0 bridgehead atoms. The molecule has 1 fully saturated rings. The van der Waals surface area contributed by atoms with Gasteiger partial charge in [-0.15, -0.1) is 0 Å². The summed E-state index contributed by atoms with van der Waals surface area (Å²) in [5.41, 5.74) is 0. The summed E-state index contributed by atoms with van der Waals surface area (Å²) >= 11 is 1.83. The van der Waals surface area contributed by atoms with Crippen LogP contribution in [0.25, 0.3) is 0 Å². The molecular weight excluding hydrogens is 204 g/mol. The van der Waals surface area contributed by atoms with Gasteiger partial charge in [0.15, 0.2) is 6.04 Å². The van der Waals surface area contributed by atoms with Crippen molar-refractivity contribution in [2.75, 3.05) is 24.7 Å². The Morgan fingerprint density at radius 3 is 3.14 bits per heavy atom. The molecule has 1 saturated heterocycles. The van der Waals surface area contributed by atoms with Gasteiger partial charge in [0.25, 0.3) is 0 Å². The van der Waals surface area contributed by atoms with Gasteiger partial charge >= 0.3 is 5.97 Å². The molecule has 0 amide bonds. The Kier molecular flexibility index (Phi) is 2.93. The maximum absolute atomic E-state index is 10.6. The van der Waals surface area contributed by atoms with Crippen LogP contribution in [-0.4, -0.2) is 53.7 Å². The van der Waals surface area contributed by atoms with Gasteiger partial charge in [-0.05, 0) is 0 Å². The number of carbonyl (C=O) groups is 1. The summed E-state index contributed by atoms with van der Waals surface area (Å²) in [6.07, 6.45) is 0. The number of aliphatic imine (C=N–C) groups is 1. The number of hydrogen-bond acceptors (Lipinski definition) is 5. The summed E-state index contributed by atoms with van der Waals surface area (Å²) in [5.74, 6) is 1.64. The first-order valence-electron chi connectivity index (χ1n) is 4.52. The van der Waals surface area contributed by atoms with Crippen LogP contribution in [0.2, 0.25) is 0 Å². The smallest absolute Gasteiger partial charge is 0.332 e. The molecule has 2 aliphatic rings. The third kappa shape index (κ3) is 2.01. The molecule has 0 radical (unpaired) electrons. The standard InChI is InChI=1S/C8H12N2O3S/c11-8(12)5-3-13-7(10-5)6-4-14-2-1-9-6/h5-6,9H,1-4H2,(H,11,12). The fourth-order valence-electron chi connectivity index (χ4n) is 1.43. The van der Waals surface area contributed by atoms with Crippen LogP contribution in [0.4, 0.5) is 0 Å². The molecule has 2 unspecified atom stereocenters. The molecule has 2 rings (SSSR count). The molecular formula is C8H12N2O3S. The number of nitrogens with one attached hydrogen (secondary N) is 1. The highest BCUT2D eigenvalue weighted by molar-refractivity contribution is 7.99. The van der Waals surface area contributed by atoms with E-state index in [4.69, 9.17) is 9.84 Å². The first-order chi connectivity index (χ1) is 6.77. The number of carboxylic acid groups (broad SMARTS) is 1. The van der Waals surface area contributed by atoms with Gasteiger partial charge in [-0.2, -0.15) is 11.8 Å². The molecule has 2 atom stereocenters. The zero-order chi connectivity index (χ0) is 9.97. The second-order valence-electron chi connectivity index (χ2n) is 3.21. The molecule has 0 aromatic rings. The first-order valence-corrected chi connectivity index (χ1v) is 5.67. The van der Waals surface area contributed by atoms with Crippen LogP contribution >= 0.6 is 11.8 Å². The number of carboxylic acids is 1. The molecule has 2 aliphatic heterocycles. The van der Waals surface area contributed by atoms with Crippen LogP contribution in [-0.2, 0) is 9.53 Å². The molecule has 5 nitrogen and oxygen atoms in total. The van der Waals surface area contributed by atoms with E-state index in [0.29, 0.717) is 5.90 Å². The van der Waals surface area contributed by atoms with Gasteiger partial charge in [-0.1, -0.05) is 0 Å². The van der Waals surface area contributed by atoms with Crippen LogP contribution in [0, 0.1) is 0 Å². The first kappa shape index (κ1) is 9.79. The van der Waals surface area contributed by atoms with Crippen LogP contribution in [0.5, 0.6) is 0 Å². The monoisotopic (exact) mass is 216 g/mol. The van der Waals surface area contributed by atoms with E-state index in [1.54, 1.807) is 0 Å². The molecule has 0 aromatic carbocycles. The van der Waals surface area contributed by atoms with E-state index in [2.05, 4.69) is 10.3 Å². The Labute approximate surface area is 85.9 Å². The lowest BCUT2D eigenvalue weighted by molar-refractivity contribution is -0.138. The van der Waals surface area contributed by atoms with Gasteiger partial charge in [0.1, 0.15) is 6.61 Å². The topological polar surface area (TPSA) is 70.9 Å². The highest BCUT2D eigenvalue weighted by atomic mass is 32.2. The summed E-state index contributed by atoms with van der Waals surface area (Å²) in [4.78, 5) is 14.6. The van der Waals surface area contributed by atoms with Crippen LogP contribution < -0.4 is 5.32 Å². The molecule has 0 aromatic heterocycles. The van der Waals surface area contributed by atoms with Crippen LogP contribution in [0.1, 0.15) is 0 Å². The predicted molar refractivity (Wildman–Crippen MR) is 53.9 cm³/mol. The fourth-order valence-corrected chi connectivity index (χ4v) is 2.36. The summed E-state index contributed by atoms with van der Waals surface area (Å²) in [7, 11) is 0. The number of rotatable bonds is 2. The zero-order valence-corrected chi connectivity index (χ0v) is 8.42. The molecule has 2 N–H and O–H groups in total. The van der Waals surface area contributed by atoms with Crippen molar-refractivity contribution in [3.8, 4) is 0 Å². The summed E-state index contributed by atoms with van der Waals surface area (Å²) < 4.78 is 5.26. The third-order valence-electron chi connectivity index (χ3n) is 2.18. The maximum atomic E-state index is 10.6. The Bertz CT molecular complexity index is 263. The highest BCUT2D eigenvalue weighted by Crippen LogP contribution is 2.14. The van der Waals surface area contributed by atoms with Crippen molar-refractivity contribution in [1.29, 1.82) is 0 Å². The minimum absolute atomic E-state index is 0.0955. The SMILES string of the molecule is O=C(O)C1COC(C2CSCCN2)=N1. The maximum Gasteiger partial charge on any atom is 0.332 e. The molecule has 6 heteroatoms. The fraction of sp³-hybridized carbons (Fsp3) is 0.750. The van der Waals surface area contributed by atoms with Crippen molar-refractivity contribution in [3.05, 3.63) is 0 Å². The van der Waals surface area contributed by atoms with E-state index in [1.807, 2.05) is 11.8 Å². The van der Waals surface area contributed by atoms with E-state index in [1.165, 1.54) is 0 Å². The van der Waals surface area contributed by atoms with Gasteiger partial charge < -0.3 is 15.2 Å². The molecule has 2 heterocycles. The van der Waals surface area contributed by atoms with Crippen molar-refractivity contribution in [2.45, 2.75) is 12.1 Å². The molecule has 0 spiro atoms. The van der Waals surface area contributed by atoms with E-state index in [-0.39, 0.29) is 12.6 Å². The number of ether oxygens (including phenoxy) is 1. The number of thioether (sulfide) groups is 1. The minimum Gasteiger partial charge on any atom is -0.480 e. The lowest BCUT2D eigenvalue weighted by Crippen LogP contribution is -2.43. The predicted octanol–water partition coefficient (Wildman–Crippen LogP) is -0.427. The van der Waals surface area contributed by atoms with E-state index in [0.717, 1.165) is 18.1 Å². The minimum atomic E-state index is -0.913. The largest absolute Gasteiger partial charge is 0.480 e. The number of hydrogen-bond donors (Lipinski definition) is 2. The average molecular weight is 216 g/mol. The average Bonchev–Trinajstić information content (AvgIpc) is 2.68. The lowest BCUT2D eigenvalue weighted by Gasteiger charge is -2.21. The Morgan fingerprint density at radius 2 is 2.57 bits per heavy atom. The van der Waals surface area contributed by atoms with Crippen molar-refractivity contribution in [1.82, 2.24) is 5.32 Å². The van der Waals surface area contributed by atoms with Gasteiger partial charge in [-0.3, -0.25) is 0 Å². The highest BCUT2D eigenvalue weighted by Gasteiger charge is 2.30. The molecule has 0 aliphatic carbocycles. The van der Waals surface area contributed by atoms with E-state index < -0.39 is 12.0 Å². The summed E-state index contributed by atoms with van der Waals surface area (Å²) in [6.45, 7) is 1.10. The Morgan fingerprint density at radius 1 is 1.71 bits per heavy atom. The number of nitrogens with zero attached hydrogens (tertiary/aromatic N) is 1. The summed E-state index contributed by atoms with van der Waals surface area (Å²) in [5, 5.41) is 12.0. The Balaban J connectivity index is 1.97. The van der Waals surface area contributed by atoms with Gasteiger partial charge in [-0.25, -0.2) is 9.79 Å². The number of aliphatic carboxylic acids is 1. The van der Waals surface area contributed by atoms with Gasteiger partial charge in [0.2, 0.25) is 5.90 Å². The lowest BCUT2D eigenvalue weighted by atomic mass is 10.3. The van der Waals surface area contributed by atoms with Gasteiger partial charge in [0, 0.05) is 18.1 Å². The second-order valence-corrected chi connectivity index (χ2v) is 4.36. The normalized spacial score (nSPS) is 32.1. The van der Waals surface area contributed by atoms with Crippen molar-refractivity contribution in [2.24, 2.45) is 4.99 Å². The third-order valence-corrected chi connectivity index (χ3v) is 3.24.